The lowest BCUT2D eigenvalue weighted by atomic mass is 10.1. The van der Waals surface area contributed by atoms with Crippen molar-refractivity contribution in [2.45, 2.75) is 26.3 Å². The molecule has 3 aromatic heterocycles. The zero-order chi connectivity index (χ0) is 16.7. The van der Waals surface area contributed by atoms with Crippen molar-refractivity contribution in [3.05, 3.63) is 42.0 Å². The smallest absolute Gasteiger partial charge is 0.142 e. The van der Waals surface area contributed by atoms with Crippen LogP contribution in [-0.4, -0.2) is 46.1 Å². The summed E-state index contributed by atoms with van der Waals surface area (Å²) in [6.45, 7) is 6.16. The number of aryl methyl sites for hydroxylation is 2. The van der Waals surface area contributed by atoms with E-state index >= 15 is 0 Å². The van der Waals surface area contributed by atoms with Gasteiger partial charge < -0.3 is 14.8 Å². The SMILES string of the molecule is Cc1cnc(N(C)[C@@H]2CCN(c3ncnc4[nH]ccc34)C2)c(C)c1. The molecule has 4 heterocycles. The van der Waals surface area contributed by atoms with E-state index < -0.39 is 0 Å². The molecule has 0 aliphatic carbocycles. The lowest BCUT2D eigenvalue weighted by Crippen LogP contribution is -2.35. The van der Waals surface area contributed by atoms with Gasteiger partial charge in [-0.05, 0) is 37.5 Å². The van der Waals surface area contributed by atoms with Gasteiger partial charge in [-0.1, -0.05) is 6.07 Å². The number of fused-ring (bicyclic) bond motifs is 1. The van der Waals surface area contributed by atoms with E-state index in [4.69, 9.17) is 0 Å². The van der Waals surface area contributed by atoms with Gasteiger partial charge in [0.1, 0.15) is 23.6 Å². The molecular weight excluding hydrogens is 300 g/mol. The molecule has 24 heavy (non-hydrogen) atoms. The minimum absolute atomic E-state index is 0.433. The lowest BCUT2D eigenvalue weighted by Gasteiger charge is -2.27. The van der Waals surface area contributed by atoms with E-state index in [0.29, 0.717) is 6.04 Å². The topological polar surface area (TPSA) is 60.9 Å². The average molecular weight is 322 g/mol. The second kappa shape index (κ2) is 5.78. The van der Waals surface area contributed by atoms with Crippen molar-refractivity contribution in [2.75, 3.05) is 29.9 Å². The Morgan fingerprint density at radius 3 is 2.96 bits per heavy atom. The molecule has 1 aliphatic rings. The van der Waals surface area contributed by atoms with Crippen molar-refractivity contribution in [3.63, 3.8) is 0 Å². The fourth-order valence-corrected chi connectivity index (χ4v) is 3.61. The molecule has 0 saturated carbocycles. The van der Waals surface area contributed by atoms with Crippen molar-refractivity contribution in [3.8, 4) is 0 Å². The molecule has 1 N–H and O–H groups in total. The molecule has 0 bridgehead atoms. The third-order valence-electron chi connectivity index (χ3n) is 4.87. The van der Waals surface area contributed by atoms with Gasteiger partial charge >= 0.3 is 0 Å². The predicted molar refractivity (Wildman–Crippen MR) is 96.6 cm³/mol. The van der Waals surface area contributed by atoms with E-state index in [0.717, 1.165) is 42.2 Å². The quantitative estimate of drug-likeness (QED) is 0.803. The van der Waals surface area contributed by atoms with Crippen molar-refractivity contribution < 1.29 is 0 Å². The number of hydrogen-bond acceptors (Lipinski definition) is 5. The molecule has 124 valence electrons. The van der Waals surface area contributed by atoms with E-state index in [2.05, 4.69) is 56.7 Å². The second-order valence-electron chi connectivity index (χ2n) is 6.59. The molecule has 0 aromatic carbocycles. The van der Waals surface area contributed by atoms with Crippen LogP contribution >= 0.6 is 0 Å². The zero-order valence-corrected chi connectivity index (χ0v) is 14.3. The van der Waals surface area contributed by atoms with Crippen LogP contribution in [0.4, 0.5) is 11.6 Å². The largest absolute Gasteiger partial charge is 0.355 e. The van der Waals surface area contributed by atoms with Crippen LogP contribution in [0.15, 0.2) is 30.9 Å². The Morgan fingerprint density at radius 2 is 2.12 bits per heavy atom. The van der Waals surface area contributed by atoms with Gasteiger partial charge in [0, 0.05) is 38.6 Å². The molecule has 0 amide bonds. The minimum Gasteiger partial charge on any atom is -0.355 e. The minimum atomic E-state index is 0.433. The highest BCUT2D eigenvalue weighted by Crippen LogP contribution is 2.28. The first kappa shape index (κ1) is 14.9. The van der Waals surface area contributed by atoms with Crippen LogP contribution in [0, 0.1) is 13.8 Å². The lowest BCUT2D eigenvalue weighted by molar-refractivity contribution is 0.682. The van der Waals surface area contributed by atoms with Crippen molar-refractivity contribution in [1.82, 2.24) is 19.9 Å². The van der Waals surface area contributed by atoms with Gasteiger partial charge in [0.15, 0.2) is 0 Å². The maximum atomic E-state index is 4.64. The zero-order valence-electron chi connectivity index (χ0n) is 14.3. The standard InChI is InChI=1S/C18H22N6/c1-12-8-13(2)17(20-9-12)23(3)14-5-7-24(10-14)18-15-4-6-19-16(15)21-11-22-18/h4,6,8-9,11,14H,5,7,10H2,1-3H3,(H,19,21,22)/t14-/m1/s1. The van der Waals surface area contributed by atoms with E-state index in [1.165, 1.54) is 11.1 Å². The molecule has 0 spiro atoms. The van der Waals surface area contributed by atoms with Gasteiger partial charge in [-0.3, -0.25) is 0 Å². The molecule has 1 saturated heterocycles. The second-order valence-corrected chi connectivity index (χ2v) is 6.59. The fourth-order valence-electron chi connectivity index (χ4n) is 3.61. The number of likely N-dealkylation sites (N-methyl/N-ethyl adjacent to an activating group) is 1. The van der Waals surface area contributed by atoms with Crippen LogP contribution in [0.25, 0.3) is 11.0 Å². The number of H-pyrrole nitrogens is 1. The molecular formula is C18H22N6. The first-order valence-corrected chi connectivity index (χ1v) is 8.32. The monoisotopic (exact) mass is 322 g/mol. The van der Waals surface area contributed by atoms with Gasteiger partial charge in [0.05, 0.1) is 5.39 Å². The summed E-state index contributed by atoms with van der Waals surface area (Å²) in [7, 11) is 2.14. The highest BCUT2D eigenvalue weighted by Gasteiger charge is 2.29. The Balaban J connectivity index is 1.57. The highest BCUT2D eigenvalue weighted by molar-refractivity contribution is 5.87. The number of nitrogens with one attached hydrogen (secondary N) is 1. The summed E-state index contributed by atoms with van der Waals surface area (Å²) in [5.41, 5.74) is 3.33. The number of aromatic nitrogens is 4. The fraction of sp³-hybridized carbons (Fsp3) is 0.389. The first-order chi connectivity index (χ1) is 11.6. The average Bonchev–Trinajstić information content (AvgIpc) is 3.23. The first-order valence-electron chi connectivity index (χ1n) is 8.32. The Kier molecular flexibility index (Phi) is 3.59. The summed E-state index contributed by atoms with van der Waals surface area (Å²) in [6, 6.07) is 4.68. The number of pyridine rings is 1. The summed E-state index contributed by atoms with van der Waals surface area (Å²) >= 11 is 0. The molecule has 4 rings (SSSR count). The number of aromatic amines is 1. The Labute approximate surface area is 141 Å². The molecule has 1 atom stereocenters. The molecule has 1 aliphatic heterocycles. The van der Waals surface area contributed by atoms with Gasteiger partial charge in [0.2, 0.25) is 0 Å². The molecule has 0 radical (unpaired) electrons. The predicted octanol–water partition coefficient (Wildman–Crippen LogP) is 2.68. The summed E-state index contributed by atoms with van der Waals surface area (Å²) in [5, 5.41) is 1.09. The summed E-state index contributed by atoms with van der Waals surface area (Å²) in [5.74, 6) is 2.09. The third kappa shape index (κ3) is 2.48. The molecule has 6 nitrogen and oxygen atoms in total. The third-order valence-corrected chi connectivity index (χ3v) is 4.87. The number of anilines is 2. The van der Waals surface area contributed by atoms with E-state index in [1.54, 1.807) is 6.33 Å². The van der Waals surface area contributed by atoms with Crippen molar-refractivity contribution in [1.29, 1.82) is 0 Å². The van der Waals surface area contributed by atoms with Crippen LogP contribution in [0.2, 0.25) is 0 Å². The van der Waals surface area contributed by atoms with Gasteiger partial charge in [-0.25, -0.2) is 15.0 Å². The van der Waals surface area contributed by atoms with E-state index in [1.807, 2.05) is 18.5 Å². The maximum absolute atomic E-state index is 4.64. The van der Waals surface area contributed by atoms with Crippen molar-refractivity contribution >= 4 is 22.7 Å². The summed E-state index contributed by atoms with van der Waals surface area (Å²) in [4.78, 5) is 21.3. The van der Waals surface area contributed by atoms with Crippen LogP contribution in [0.1, 0.15) is 17.5 Å². The Bertz CT molecular complexity index is 871. The van der Waals surface area contributed by atoms with Gasteiger partial charge in [0.25, 0.3) is 0 Å². The Morgan fingerprint density at radius 1 is 1.25 bits per heavy atom. The number of nitrogens with zero attached hydrogens (tertiary/aromatic N) is 5. The molecule has 6 heteroatoms. The van der Waals surface area contributed by atoms with Crippen LogP contribution in [0.3, 0.4) is 0 Å². The van der Waals surface area contributed by atoms with Gasteiger partial charge in [-0.15, -0.1) is 0 Å². The molecule has 3 aromatic rings. The van der Waals surface area contributed by atoms with Crippen LogP contribution < -0.4 is 9.80 Å². The van der Waals surface area contributed by atoms with Crippen LogP contribution in [-0.2, 0) is 0 Å². The van der Waals surface area contributed by atoms with Crippen molar-refractivity contribution in [2.24, 2.45) is 0 Å². The van der Waals surface area contributed by atoms with E-state index in [-0.39, 0.29) is 0 Å². The number of hydrogen-bond donors (Lipinski definition) is 1. The van der Waals surface area contributed by atoms with Gasteiger partial charge in [-0.2, -0.15) is 0 Å². The van der Waals surface area contributed by atoms with E-state index in [9.17, 15) is 0 Å². The molecule has 1 fully saturated rings. The molecule has 0 unspecified atom stereocenters. The van der Waals surface area contributed by atoms with Crippen LogP contribution in [0.5, 0.6) is 0 Å². The highest BCUT2D eigenvalue weighted by atomic mass is 15.3. The maximum Gasteiger partial charge on any atom is 0.142 e. The number of rotatable bonds is 3. The summed E-state index contributed by atoms with van der Waals surface area (Å²) < 4.78 is 0. The summed E-state index contributed by atoms with van der Waals surface area (Å²) in [6.07, 6.45) is 6.60. The normalized spacial score (nSPS) is 17.6. The Hall–Kier alpha value is -2.63.